The number of esters is 1. The molecule has 0 spiro atoms. The molecule has 2 amide bonds. The first kappa shape index (κ1) is 19.9. The van der Waals surface area contributed by atoms with Gasteiger partial charge in [-0.15, -0.1) is 0 Å². The molecule has 0 fully saturated rings. The number of carbonyl (C=O) groups is 4. The van der Waals surface area contributed by atoms with E-state index < -0.39 is 41.9 Å². The van der Waals surface area contributed by atoms with Crippen LogP contribution in [0.4, 0.5) is 4.79 Å². The fourth-order valence-corrected chi connectivity index (χ4v) is 1.38. The first-order chi connectivity index (χ1) is 10.1. The van der Waals surface area contributed by atoms with Crippen LogP contribution in [0, 0.1) is 0 Å². The Morgan fingerprint density at radius 3 is 2.14 bits per heavy atom. The van der Waals surface area contributed by atoms with Crippen molar-refractivity contribution >= 4 is 23.8 Å². The summed E-state index contributed by atoms with van der Waals surface area (Å²) >= 11 is 0. The highest BCUT2D eigenvalue weighted by Gasteiger charge is 2.28. The second-order valence-electron chi connectivity index (χ2n) is 5.43. The van der Waals surface area contributed by atoms with E-state index in [2.05, 4.69) is 10.6 Å². The number of alkyl carbamates (subject to hydrolysis) is 1. The highest BCUT2D eigenvalue weighted by atomic mass is 16.6. The van der Waals surface area contributed by atoms with E-state index in [1.807, 2.05) is 0 Å². The molecule has 0 radical (unpaired) electrons. The Bertz CT molecular complexity index is 428. The molecular weight excluding hydrogens is 292 g/mol. The second-order valence-corrected chi connectivity index (χ2v) is 5.43. The largest absolute Gasteiger partial charge is 0.464 e. The molecule has 8 heteroatoms. The third-order valence-electron chi connectivity index (χ3n) is 2.29. The highest BCUT2D eigenvalue weighted by molar-refractivity contribution is 6.05. The van der Waals surface area contributed by atoms with Crippen molar-refractivity contribution in [3.8, 4) is 0 Å². The highest BCUT2D eigenvalue weighted by Crippen LogP contribution is 2.06. The molecule has 1 atom stereocenters. The van der Waals surface area contributed by atoms with Gasteiger partial charge in [0.05, 0.1) is 6.61 Å². The van der Waals surface area contributed by atoms with E-state index in [0.29, 0.717) is 0 Å². The molecule has 0 aliphatic rings. The van der Waals surface area contributed by atoms with Crippen LogP contribution in [0.15, 0.2) is 0 Å². The summed E-state index contributed by atoms with van der Waals surface area (Å²) in [6.07, 6.45) is -0.694. The van der Waals surface area contributed by atoms with E-state index in [4.69, 9.17) is 9.47 Å². The van der Waals surface area contributed by atoms with Crippen LogP contribution < -0.4 is 10.6 Å². The van der Waals surface area contributed by atoms with Gasteiger partial charge in [0.1, 0.15) is 12.1 Å². The molecule has 0 rings (SSSR count). The van der Waals surface area contributed by atoms with Crippen molar-refractivity contribution in [2.75, 3.05) is 13.2 Å². The minimum Gasteiger partial charge on any atom is -0.464 e. The van der Waals surface area contributed by atoms with Crippen molar-refractivity contribution in [1.82, 2.24) is 10.6 Å². The van der Waals surface area contributed by atoms with Crippen molar-refractivity contribution < 1.29 is 28.7 Å². The maximum atomic E-state index is 11.7. The van der Waals surface area contributed by atoms with Gasteiger partial charge in [-0.05, 0) is 27.7 Å². The van der Waals surface area contributed by atoms with Crippen LogP contribution in [-0.2, 0) is 23.9 Å². The molecule has 0 bridgehead atoms. The fourth-order valence-electron chi connectivity index (χ4n) is 1.38. The molecule has 8 nitrogen and oxygen atoms in total. The smallest absolute Gasteiger partial charge is 0.408 e. The lowest BCUT2D eigenvalue weighted by atomic mass is 10.1. The zero-order valence-electron chi connectivity index (χ0n) is 13.6. The van der Waals surface area contributed by atoms with E-state index in [1.54, 1.807) is 34.6 Å². The van der Waals surface area contributed by atoms with Gasteiger partial charge in [0, 0.05) is 6.42 Å². The van der Waals surface area contributed by atoms with Crippen molar-refractivity contribution in [2.45, 2.75) is 52.7 Å². The van der Waals surface area contributed by atoms with Crippen molar-refractivity contribution in [3.63, 3.8) is 0 Å². The van der Waals surface area contributed by atoms with E-state index in [9.17, 15) is 19.2 Å². The predicted octanol–water partition coefficient (Wildman–Crippen LogP) is 0.538. The van der Waals surface area contributed by atoms with Crippen LogP contribution in [-0.4, -0.2) is 48.5 Å². The number of carbonyl (C=O) groups excluding carboxylic acids is 4. The zero-order valence-corrected chi connectivity index (χ0v) is 13.6. The number of hydrogen-bond donors (Lipinski definition) is 2. The lowest BCUT2D eigenvalue weighted by molar-refractivity contribution is -0.150. The molecule has 0 saturated carbocycles. The third kappa shape index (κ3) is 8.23. The Morgan fingerprint density at radius 1 is 1.09 bits per heavy atom. The summed E-state index contributed by atoms with van der Waals surface area (Å²) in [5, 5.41) is 4.47. The maximum Gasteiger partial charge on any atom is 0.408 e. The number of Topliss-reactive ketones (excluding diaryl/α,β-unsaturated/α-hetero) is 1. The summed E-state index contributed by atoms with van der Waals surface area (Å²) < 4.78 is 9.69. The molecule has 0 saturated heterocycles. The summed E-state index contributed by atoms with van der Waals surface area (Å²) in [7, 11) is 0. The van der Waals surface area contributed by atoms with Gasteiger partial charge in [-0.25, -0.2) is 9.59 Å². The molecule has 22 heavy (non-hydrogen) atoms. The Balaban J connectivity index is 4.49. The van der Waals surface area contributed by atoms with Gasteiger partial charge in [0.15, 0.2) is 11.8 Å². The molecule has 126 valence electrons. The van der Waals surface area contributed by atoms with Gasteiger partial charge >= 0.3 is 12.1 Å². The topological polar surface area (TPSA) is 111 Å². The molecule has 0 heterocycles. The monoisotopic (exact) mass is 316 g/mol. The lowest BCUT2D eigenvalue weighted by Gasteiger charge is -2.20. The van der Waals surface area contributed by atoms with E-state index in [1.165, 1.54) is 0 Å². The first-order valence-corrected chi connectivity index (χ1v) is 7.06. The number of amides is 2. The van der Waals surface area contributed by atoms with Gasteiger partial charge in [-0.2, -0.15) is 0 Å². The van der Waals surface area contributed by atoms with Crippen LogP contribution in [0.25, 0.3) is 0 Å². The quantitative estimate of drug-likeness (QED) is 0.524. The van der Waals surface area contributed by atoms with Crippen molar-refractivity contribution in [2.24, 2.45) is 0 Å². The van der Waals surface area contributed by atoms with Gasteiger partial charge in [0.2, 0.25) is 5.91 Å². The Kier molecular flexibility index (Phi) is 8.14. The molecule has 2 N–H and O–H groups in total. The van der Waals surface area contributed by atoms with Gasteiger partial charge < -0.3 is 20.1 Å². The van der Waals surface area contributed by atoms with Gasteiger partial charge in [0.25, 0.3) is 0 Å². The Labute approximate surface area is 129 Å². The minimum atomic E-state index is -1.36. The Hall–Kier alpha value is -2.12. The first-order valence-electron chi connectivity index (χ1n) is 7.06. The molecule has 1 unspecified atom stereocenters. The predicted molar refractivity (Wildman–Crippen MR) is 78.1 cm³/mol. The van der Waals surface area contributed by atoms with Crippen molar-refractivity contribution in [1.29, 1.82) is 0 Å². The van der Waals surface area contributed by atoms with Crippen LogP contribution in [0.3, 0.4) is 0 Å². The summed E-state index contributed by atoms with van der Waals surface area (Å²) in [4.78, 5) is 46.4. The molecule has 0 aromatic carbocycles. The summed E-state index contributed by atoms with van der Waals surface area (Å²) in [6, 6.07) is -1.36. The normalized spacial score (nSPS) is 12.0. The summed E-state index contributed by atoms with van der Waals surface area (Å²) in [6.45, 7) is 7.90. The lowest BCUT2D eigenvalue weighted by Crippen LogP contribution is -2.50. The van der Waals surface area contributed by atoms with E-state index in [-0.39, 0.29) is 13.0 Å². The standard InChI is InChI=1S/C14H24N2O6/c1-6-9(17)11(12(19)21-7-2)16-10(18)8-15-13(20)22-14(3,4)5/h11H,6-8H2,1-5H3,(H,15,20)(H,16,18). The number of hydrogen-bond acceptors (Lipinski definition) is 6. The van der Waals surface area contributed by atoms with Crippen LogP contribution in [0.1, 0.15) is 41.0 Å². The SMILES string of the molecule is CCOC(=O)C(NC(=O)CNC(=O)OC(C)(C)C)C(=O)CC. The van der Waals surface area contributed by atoms with Gasteiger partial charge in [-0.3, -0.25) is 9.59 Å². The molecule has 0 aromatic heterocycles. The van der Waals surface area contributed by atoms with Crippen LogP contribution >= 0.6 is 0 Å². The van der Waals surface area contributed by atoms with Crippen LogP contribution in [0.5, 0.6) is 0 Å². The molecular formula is C14H24N2O6. The number of nitrogens with one attached hydrogen (secondary N) is 2. The Morgan fingerprint density at radius 2 is 1.68 bits per heavy atom. The van der Waals surface area contributed by atoms with Crippen molar-refractivity contribution in [3.05, 3.63) is 0 Å². The third-order valence-corrected chi connectivity index (χ3v) is 2.29. The number of rotatable bonds is 7. The zero-order chi connectivity index (χ0) is 17.3. The van der Waals surface area contributed by atoms with Crippen LogP contribution in [0.2, 0.25) is 0 Å². The summed E-state index contributed by atoms with van der Waals surface area (Å²) in [5.41, 5.74) is -0.688. The number of ketones is 1. The summed E-state index contributed by atoms with van der Waals surface area (Å²) in [5.74, 6) is -1.98. The number of ether oxygens (including phenoxy) is 2. The molecule has 0 aromatic rings. The maximum absolute atomic E-state index is 11.7. The molecule has 0 aliphatic heterocycles. The van der Waals surface area contributed by atoms with Gasteiger partial charge in [-0.1, -0.05) is 6.92 Å². The van der Waals surface area contributed by atoms with E-state index >= 15 is 0 Å². The fraction of sp³-hybridized carbons (Fsp3) is 0.714. The second kappa shape index (κ2) is 9.01. The minimum absolute atomic E-state index is 0.0727. The average Bonchev–Trinajstić information content (AvgIpc) is 2.40. The average molecular weight is 316 g/mol. The molecule has 0 aliphatic carbocycles. The van der Waals surface area contributed by atoms with E-state index in [0.717, 1.165) is 0 Å².